The zero-order valence-electron chi connectivity index (χ0n) is 17.4. The lowest BCUT2D eigenvalue weighted by Crippen LogP contribution is -2.29. The fourth-order valence-corrected chi connectivity index (χ4v) is 3.03. The number of nitrogens with zero attached hydrogens (tertiary/aromatic N) is 1. The molecule has 0 amide bonds. The molecule has 0 unspecified atom stereocenters. The van der Waals surface area contributed by atoms with Gasteiger partial charge in [-0.05, 0) is 26.7 Å². The van der Waals surface area contributed by atoms with Crippen LogP contribution in [-0.4, -0.2) is 25.4 Å². The van der Waals surface area contributed by atoms with Crippen LogP contribution in [0.15, 0.2) is 5.16 Å². The topological polar surface area (TPSA) is 47.9 Å². The van der Waals surface area contributed by atoms with Gasteiger partial charge in [-0.1, -0.05) is 83.2 Å². The van der Waals surface area contributed by atoms with E-state index in [2.05, 4.69) is 25.9 Å². The minimum Gasteiger partial charge on any atom is -0.379 e. The number of carbonyl (C=O) groups excluding carboxylic acids is 1. The first-order valence-corrected chi connectivity index (χ1v) is 10.2. The summed E-state index contributed by atoms with van der Waals surface area (Å²) < 4.78 is 5.00. The summed E-state index contributed by atoms with van der Waals surface area (Å²) in [6.45, 7) is 8.69. The fraction of sp³-hybridized carbons (Fsp3) is 0.905. The number of ether oxygens (including phenoxy) is 1. The lowest BCUT2D eigenvalue weighted by Gasteiger charge is -2.26. The predicted molar refractivity (Wildman–Crippen MR) is 106 cm³/mol. The van der Waals surface area contributed by atoms with E-state index in [0.717, 1.165) is 25.7 Å². The van der Waals surface area contributed by atoms with Gasteiger partial charge in [0.1, 0.15) is 0 Å². The van der Waals surface area contributed by atoms with E-state index in [4.69, 9.17) is 9.57 Å². The average Bonchev–Trinajstić information content (AvgIpc) is 2.59. The minimum atomic E-state index is -0.421. The molecule has 0 radical (unpaired) electrons. The second kappa shape index (κ2) is 15.4. The van der Waals surface area contributed by atoms with E-state index in [1.165, 1.54) is 51.4 Å². The van der Waals surface area contributed by atoms with Gasteiger partial charge in [-0.2, -0.15) is 0 Å². The molecule has 0 aliphatic rings. The molecule has 0 saturated carbocycles. The van der Waals surface area contributed by atoms with Gasteiger partial charge in [0.25, 0.3) is 0 Å². The number of hydrogen-bond acceptors (Lipinski definition) is 4. The van der Waals surface area contributed by atoms with Crippen molar-refractivity contribution < 1.29 is 14.4 Å². The Balaban J connectivity index is 4.56. The summed E-state index contributed by atoms with van der Waals surface area (Å²) in [4.78, 5) is 17.9. The van der Waals surface area contributed by atoms with E-state index in [-0.39, 0.29) is 5.97 Å². The third-order valence-electron chi connectivity index (χ3n) is 4.79. The maximum atomic E-state index is 12.6. The third kappa shape index (κ3) is 12.1. The van der Waals surface area contributed by atoms with E-state index in [1.807, 2.05) is 6.92 Å². The van der Waals surface area contributed by atoms with E-state index in [1.54, 1.807) is 7.11 Å². The molecule has 0 aliphatic carbocycles. The van der Waals surface area contributed by atoms with Crippen molar-refractivity contribution in [2.24, 2.45) is 10.6 Å². The molecule has 0 spiro atoms. The summed E-state index contributed by atoms with van der Waals surface area (Å²) in [5, 5.41) is 3.94. The standard InChI is InChI=1S/C21H41NO3/c1-6-8-10-12-14-16-21(4,17-15-13-11-9-7-2)20(23)25-22-19(3)18-24-5/h6-18H2,1-5H3/b22-19-. The van der Waals surface area contributed by atoms with Crippen LogP contribution in [0.3, 0.4) is 0 Å². The molecule has 25 heavy (non-hydrogen) atoms. The lowest BCUT2D eigenvalue weighted by atomic mass is 9.79. The highest BCUT2D eigenvalue weighted by Crippen LogP contribution is 2.33. The van der Waals surface area contributed by atoms with Crippen molar-refractivity contribution >= 4 is 11.7 Å². The fourth-order valence-electron chi connectivity index (χ4n) is 3.03. The largest absolute Gasteiger partial charge is 0.379 e. The van der Waals surface area contributed by atoms with Crippen LogP contribution in [0.4, 0.5) is 0 Å². The Morgan fingerprint density at radius 1 is 0.880 bits per heavy atom. The van der Waals surface area contributed by atoms with Gasteiger partial charge >= 0.3 is 5.97 Å². The molecule has 0 rings (SSSR count). The summed E-state index contributed by atoms with van der Waals surface area (Å²) in [5.41, 5.74) is 0.263. The number of methoxy groups -OCH3 is 1. The number of oxime groups is 1. The zero-order chi connectivity index (χ0) is 19.0. The Bertz CT molecular complexity index is 352. The Hall–Kier alpha value is -0.900. The first-order valence-electron chi connectivity index (χ1n) is 10.2. The van der Waals surface area contributed by atoms with Crippen molar-refractivity contribution in [1.82, 2.24) is 0 Å². The molecule has 4 heteroatoms. The highest BCUT2D eigenvalue weighted by atomic mass is 16.7. The number of carbonyl (C=O) groups is 1. The average molecular weight is 356 g/mol. The second-order valence-electron chi connectivity index (χ2n) is 7.53. The molecule has 4 nitrogen and oxygen atoms in total. The van der Waals surface area contributed by atoms with Crippen LogP contribution >= 0.6 is 0 Å². The van der Waals surface area contributed by atoms with Crippen LogP contribution in [-0.2, 0) is 14.4 Å². The van der Waals surface area contributed by atoms with E-state index >= 15 is 0 Å². The van der Waals surface area contributed by atoms with Crippen LogP contribution in [0.2, 0.25) is 0 Å². The van der Waals surface area contributed by atoms with Gasteiger partial charge in [0.15, 0.2) is 0 Å². The highest BCUT2D eigenvalue weighted by molar-refractivity contribution is 5.84. The maximum Gasteiger partial charge on any atom is 0.340 e. The summed E-state index contributed by atoms with van der Waals surface area (Å²) in [5.74, 6) is -0.186. The Kier molecular flexibility index (Phi) is 14.8. The van der Waals surface area contributed by atoms with Crippen LogP contribution in [0, 0.1) is 5.41 Å². The molecule has 0 fully saturated rings. The molecular formula is C21H41NO3. The van der Waals surface area contributed by atoms with E-state index < -0.39 is 5.41 Å². The zero-order valence-corrected chi connectivity index (χ0v) is 17.4. The molecule has 148 valence electrons. The number of unbranched alkanes of at least 4 members (excludes halogenated alkanes) is 8. The van der Waals surface area contributed by atoms with Crippen LogP contribution < -0.4 is 0 Å². The predicted octanol–water partition coefficient (Wildman–Crippen LogP) is 6.28. The summed E-state index contributed by atoms with van der Waals surface area (Å²) in [7, 11) is 1.61. The third-order valence-corrected chi connectivity index (χ3v) is 4.79. The Morgan fingerprint density at radius 2 is 1.36 bits per heavy atom. The van der Waals surface area contributed by atoms with Crippen molar-refractivity contribution in [2.75, 3.05) is 13.7 Å². The SMILES string of the molecule is CCCCCCCC(C)(CCCCCCC)C(=O)O/N=C(/C)COC. The normalized spacial score (nSPS) is 12.4. The molecule has 0 aliphatic heterocycles. The molecule has 0 heterocycles. The number of hydrogen-bond donors (Lipinski definition) is 0. The van der Waals surface area contributed by atoms with Gasteiger partial charge in [-0.25, -0.2) is 4.79 Å². The van der Waals surface area contributed by atoms with Gasteiger partial charge < -0.3 is 9.57 Å². The molecule has 0 saturated heterocycles. The van der Waals surface area contributed by atoms with Crippen molar-refractivity contribution in [1.29, 1.82) is 0 Å². The van der Waals surface area contributed by atoms with Gasteiger partial charge in [-0.3, -0.25) is 0 Å². The van der Waals surface area contributed by atoms with Crippen LogP contribution in [0.25, 0.3) is 0 Å². The Labute approximate surface area is 155 Å². The van der Waals surface area contributed by atoms with Crippen molar-refractivity contribution in [3.8, 4) is 0 Å². The maximum absolute atomic E-state index is 12.6. The van der Waals surface area contributed by atoms with Gasteiger partial charge in [0.2, 0.25) is 0 Å². The summed E-state index contributed by atoms with van der Waals surface area (Å²) in [6.07, 6.45) is 13.9. The monoisotopic (exact) mass is 355 g/mol. The molecule has 0 bridgehead atoms. The van der Waals surface area contributed by atoms with Crippen molar-refractivity contribution in [3.05, 3.63) is 0 Å². The lowest BCUT2D eigenvalue weighted by molar-refractivity contribution is -0.156. The molecular weight excluding hydrogens is 314 g/mol. The number of rotatable bonds is 16. The van der Waals surface area contributed by atoms with E-state index in [0.29, 0.717) is 12.3 Å². The first-order chi connectivity index (χ1) is 12.0. The summed E-state index contributed by atoms with van der Waals surface area (Å²) >= 11 is 0. The van der Waals surface area contributed by atoms with Crippen LogP contribution in [0.5, 0.6) is 0 Å². The molecule has 0 aromatic carbocycles. The quantitative estimate of drug-likeness (QED) is 0.142. The van der Waals surface area contributed by atoms with Crippen molar-refractivity contribution in [2.45, 2.75) is 105 Å². The first kappa shape index (κ1) is 24.1. The highest BCUT2D eigenvalue weighted by Gasteiger charge is 2.34. The van der Waals surface area contributed by atoms with Crippen molar-refractivity contribution in [3.63, 3.8) is 0 Å². The molecule has 0 N–H and O–H groups in total. The molecule has 0 aromatic rings. The molecule has 0 atom stereocenters. The summed E-state index contributed by atoms with van der Waals surface area (Å²) in [6, 6.07) is 0. The molecule has 0 aromatic heterocycles. The van der Waals surface area contributed by atoms with Gasteiger partial charge in [0, 0.05) is 7.11 Å². The smallest absolute Gasteiger partial charge is 0.340 e. The Morgan fingerprint density at radius 3 is 1.80 bits per heavy atom. The second-order valence-corrected chi connectivity index (χ2v) is 7.53. The van der Waals surface area contributed by atoms with Gasteiger partial charge in [0.05, 0.1) is 17.7 Å². The van der Waals surface area contributed by atoms with E-state index in [9.17, 15) is 4.79 Å². The minimum absolute atomic E-state index is 0.186. The van der Waals surface area contributed by atoms with Crippen LogP contribution in [0.1, 0.15) is 105 Å². The van der Waals surface area contributed by atoms with Gasteiger partial charge in [-0.15, -0.1) is 0 Å².